The molecule has 3 N–H and O–H groups in total. The first-order chi connectivity index (χ1) is 5.11. The van der Waals surface area contributed by atoms with Crippen LogP contribution in [0, 0.1) is 0 Å². The van der Waals surface area contributed by atoms with Gasteiger partial charge in [-0.1, -0.05) is 11.6 Å². The molecule has 0 amide bonds. The number of halogens is 1. The van der Waals surface area contributed by atoms with E-state index in [0.717, 1.165) is 0 Å². The Bertz CT molecular complexity index is 306. The first kappa shape index (κ1) is 11.3. The fourth-order valence-corrected chi connectivity index (χ4v) is 0.785. The Balaban J connectivity index is 0.00000121. The Morgan fingerprint density at radius 3 is 2.58 bits per heavy atom. The molecule has 0 aliphatic carbocycles. The predicted molar refractivity (Wildman–Crippen MR) is 47.8 cm³/mol. The first-order valence-corrected chi connectivity index (χ1v) is 3.14. The zero-order valence-electron chi connectivity index (χ0n) is 5.41. The second kappa shape index (κ2) is 4.36. The Morgan fingerprint density at radius 1 is 1.58 bits per heavy atom. The molecule has 1 aromatic heterocycles. The zero-order chi connectivity index (χ0) is 8.43. The van der Waals surface area contributed by atoms with Crippen molar-refractivity contribution in [3.63, 3.8) is 0 Å². The summed E-state index contributed by atoms with van der Waals surface area (Å²) in [6, 6.07) is 2.69. The standard InChI is InChI=1S/C6H5ClN2O2.Li.H/c7-4-2-1-3(6(10)11)5(8)9-4;;/h1-2H,(H2,8,9)(H,10,11);;. The van der Waals surface area contributed by atoms with E-state index >= 15 is 0 Å². The van der Waals surface area contributed by atoms with E-state index in [2.05, 4.69) is 4.98 Å². The number of nitrogens with two attached hydrogens (primary N) is 1. The number of carboxylic acid groups (broad SMARTS) is 1. The number of carbonyl (C=O) groups is 1. The number of hydrogen-bond acceptors (Lipinski definition) is 3. The number of pyridine rings is 1. The summed E-state index contributed by atoms with van der Waals surface area (Å²) in [6.45, 7) is 0. The number of anilines is 1. The van der Waals surface area contributed by atoms with E-state index in [9.17, 15) is 4.79 Å². The quantitative estimate of drug-likeness (QED) is 0.484. The predicted octanol–water partition coefficient (Wildman–Crippen LogP) is 0.367. The number of rotatable bonds is 1. The molecule has 60 valence electrons. The van der Waals surface area contributed by atoms with Gasteiger partial charge in [0, 0.05) is 0 Å². The third-order valence-electron chi connectivity index (χ3n) is 1.12. The van der Waals surface area contributed by atoms with Crippen LogP contribution in [0.3, 0.4) is 0 Å². The Morgan fingerprint density at radius 2 is 2.17 bits per heavy atom. The van der Waals surface area contributed by atoms with Gasteiger partial charge in [-0.15, -0.1) is 0 Å². The summed E-state index contributed by atoms with van der Waals surface area (Å²) in [5, 5.41) is 8.68. The molecule has 0 aliphatic rings. The summed E-state index contributed by atoms with van der Waals surface area (Å²) >= 11 is 5.44. The van der Waals surface area contributed by atoms with E-state index in [0.29, 0.717) is 0 Å². The van der Waals surface area contributed by atoms with Gasteiger partial charge in [-0.05, 0) is 12.1 Å². The van der Waals surface area contributed by atoms with E-state index in [-0.39, 0.29) is 35.4 Å². The fraction of sp³-hybridized carbons (Fsp3) is 0. The minimum absolute atomic E-state index is 0. The minimum atomic E-state index is -1.10. The average Bonchev–Trinajstić information content (AvgIpc) is 1.85. The zero-order valence-corrected chi connectivity index (χ0v) is 6.17. The molecular weight excluding hydrogens is 174 g/mol. The molecule has 0 aromatic carbocycles. The van der Waals surface area contributed by atoms with Crippen LogP contribution in [0.5, 0.6) is 0 Å². The molecule has 12 heavy (non-hydrogen) atoms. The van der Waals surface area contributed by atoms with Gasteiger partial charge in [-0.3, -0.25) is 0 Å². The van der Waals surface area contributed by atoms with Crippen molar-refractivity contribution in [2.75, 3.05) is 5.73 Å². The van der Waals surface area contributed by atoms with Crippen LogP contribution < -0.4 is 5.73 Å². The SMILES string of the molecule is Nc1nc(Cl)ccc1C(=O)O.[LiH]. The van der Waals surface area contributed by atoms with Crippen molar-refractivity contribution >= 4 is 42.2 Å². The molecule has 1 aromatic rings. The molecule has 0 bridgehead atoms. The number of aromatic carboxylic acids is 1. The molecule has 6 heteroatoms. The van der Waals surface area contributed by atoms with Gasteiger partial charge in [0.1, 0.15) is 16.5 Å². The van der Waals surface area contributed by atoms with Crippen molar-refractivity contribution in [1.29, 1.82) is 0 Å². The van der Waals surface area contributed by atoms with Crippen LogP contribution in [0.1, 0.15) is 10.4 Å². The van der Waals surface area contributed by atoms with Crippen LogP contribution >= 0.6 is 11.6 Å². The molecule has 0 saturated heterocycles. The molecule has 0 atom stereocenters. The molecule has 0 spiro atoms. The first-order valence-electron chi connectivity index (χ1n) is 2.76. The Hall–Kier alpha value is -0.693. The van der Waals surface area contributed by atoms with Crippen molar-refractivity contribution in [3.8, 4) is 0 Å². The van der Waals surface area contributed by atoms with Crippen molar-refractivity contribution in [3.05, 3.63) is 22.8 Å². The number of nitrogen functional groups attached to an aromatic ring is 1. The Kier molecular flexibility index (Phi) is 4.11. The molecule has 0 fully saturated rings. The molecular formula is C6H6ClLiN2O2. The number of aromatic nitrogens is 1. The van der Waals surface area contributed by atoms with Gasteiger partial charge in [0.25, 0.3) is 0 Å². The van der Waals surface area contributed by atoms with E-state index < -0.39 is 5.97 Å². The normalized spacial score (nSPS) is 8.75. The maximum absolute atomic E-state index is 10.4. The van der Waals surface area contributed by atoms with Gasteiger partial charge in [-0.25, -0.2) is 9.78 Å². The second-order valence-electron chi connectivity index (χ2n) is 1.87. The molecule has 4 nitrogen and oxygen atoms in total. The monoisotopic (exact) mass is 180 g/mol. The van der Waals surface area contributed by atoms with Crippen LogP contribution in [0.2, 0.25) is 5.15 Å². The average molecular weight is 181 g/mol. The fourth-order valence-electron chi connectivity index (χ4n) is 0.631. The van der Waals surface area contributed by atoms with Gasteiger partial charge >= 0.3 is 24.8 Å². The van der Waals surface area contributed by atoms with Crippen molar-refractivity contribution in [2.24, 2.45) is 0 Å². The second-order valence-corrected chi connectivity index (χ2v) is 2.26. The molecule has 0 unspecified atom stereocenters. The summed E-state index contributed by atoms with van der Waals surface area (Å²) < 4.78 is 0. The molecule has 1 heterocycles. The summed E-state index contributed by atoms with van der Waals surface area (Å²) in [5.74, 6) is -1.17. The summed E-state index contributed by atoms with van der Waals surface area (Å²) in [6.07, 6.45) is 0. The van der Waals surface area contributed by atoms with Gasteiger partial charge in [0.15, 0.2) is 0 Å². The van der Waals surface area contributed by atoms with Crippen molar-refractivity contribution in [2.45, 2.75) is 0 Å². The van der Waals surface area contributed by atoms with E-state index in [1.54, 1.807) is 0 Å². The molecule has 1 rings (SSSR count). The van der Waals surface area contributed by atoms with Crippen LogP contribution in [-0.4, -0.2) is 34.9 Å². The number of nitrogens with zero attached hydrogens (tertiary/aromatic N) is 1. The summed E-state index contributed by atoms with van der Waals surface area (Å²) in [5.41, 5.74) is 5.21. The number of carboxylic acids is 1. The number of hydrogen-bond donors (Lipinski definition) is 2. The van der Waals surface area contributed by atoms with Crippen LogP contribution in [0.25, 0.3) is 0 Å². The van der Waals surface area contributed by atoms with Crippen molar-refractivity contribution < 1.29 is 9.90 Å². The van der Waals surface area contributed by atoms with Crippen LogP contribution in [0.15, 0.2) is 12.1 Å². The summed E-state index contributed by atoms with van der Waals surface area (Å²) in [7, 11) is 0. The van der Waals surface area contributed by atoms with Crippen LogP contribution in [0.4, 0.5) is 5.82 Å². The Labute approximate surface area is 85.9 Å². The van der Waals surface area contributed by atoms with Gasteiger partial charge < -0.3 is 10.8 Å². The third kappa shape index (κ3) is 2.42. The third-order valence-corrected chi connectivity index (χ3v) is 1.33. The van der Waals surface area contributed by atoms with Crippen LogP contribution in [-0.2, 0) is 0 Å². The van der Waals surface area contributed by atoms with Gasteiger partial charge in [0.2, 0.25) is 0 Å². The topological polar surface area (TPSA) is 76.2 Å². The molecule has 0 aliphatic heterocycles. The van der Waals surface area contributed by atoms with Crippen molar-refractivity contribution in [1.82, 2.24) is 4.98 Å². The van der Waals surface area contributed by atoms with Gasteiger partial charge in [0.05, 0.1) is 0 Å². The van der Waals surface area contributed by atoms with Gasteiger partial charge in [-0.2, -0.15) is 0 Å². The van der Waals surface area contributed by atoms with E-state index in [1.165, 1.54) is 12.1 Å². The van der Waals surface area contributed by atoms with E-state index in [1.807, 2.05) is 0 Å². The molecule has 0 saturated carbocycles. The maximum atomic E-state index is 10.4. The van der Waals surface area contributed by atoms with E-state index in [4.69, 9.17) is 22.4 Å². The molecule has 0 radical (unpaired) electrons. The summed E-state index contributed by atoms with van der Waals surface area (Å²) in [4.78, 5) is 13.9.